The van der Waals surface area contributed by atoms with Crippen LogP contribution < -0.4 is 15.5 Å². The second kappa shape index (κ2) is 7.98. The number of hydrogen-bond donors (Lipinski definition) is 0. The van der Waals surface area contributed by atoms with Crippen LogP contribution in [0.25, 0.3) is 0 Å². The molecule has 30 heavy (non-hydrogen) atoms. The van der Waals surface area contributed by atoms with Crippen molar-refractivity contribution < 1.29 is 13.2 Å². The molecule has 0 saturated carbocycles. The molecule has 1 aromatic carbocycles. The van der Waals surface area contributed by atoms with Crippen molar-refractivity contribution in [2.75, 3.05) is 36.0 Å². The molecule has 3 heterocycles. The van der Waals surface area contributed by atoms with Gasteiger partial charge < -0.3 is 9.80 Å². The predicted molar refractivity (Wildman–Crippen MR) is 105 cm³/mol. The van der Waals surface area contributed by atoms with Gasteiger partial charge in [0.25, 0.3) is 0 Å². The maximum Gasteiger partial charge on any atom is 0.435 e. The van der Waals surface area contributed by atoms with Gasteiger partial charge in [0.15, 0.2) is 5.69 Å². The van der Waals surface area contributed by atoms with Gasteiger partial charge in [-0.3, -0.25) is 9.25 Å². The van der Waals surface area contributed by atoms with Gasteiger partial charge in [0.2, 0.25) is 5.95 Å². The van der Waals surface area contributed by atoms with Crippen molar-refractivity contribution in [3.05, 3.63) is 64.1 Å². The number of hydrogen-bond acceptors (Lipinski definition) is 6. The van der Waals surface area contributed by atoms with Crippen molar-refractivity contribution in [3.8, 4) is 0 Å². The van der Waals surface area contributed by atoms with Crippen molar-refractivity contribution in [3.63, 3.8) is 0 Å². The monoisotopic (exact) mass is 439 g/mol. The fourth-order valence-electron chi connectivity index (χ4n) is 3.16. The SMILES string of the molecule is O=c1nc(N2CCN(c3ccc(Cl)cc3)CC2)ncn1Cn1ccc(C(F)(F)F)n1. The maximum atomic E-state index is 12.6. The van der Waals surface area contributed by atoms with E-state index < -0.39 is 17.6 Å². The molecule has 1 aliphatic heterocycles. The van der Waals surface area contributed by atoms with Gasteiger partial charge in [-0.2, -0.15) is 23.3 Å². The van der Waals surface area contributed by atoms with E-state index >= 15 is 0 Å². The zero-order chi connectivity index (χ0) is 21.3. The molecule has 0 radical (unpaired) electrons. The quantitative estimate of drug-likeness (QED) is 0.621. The predicted octanol–water partition coefficient (Wildman–Crippen LogP) is 2.34. The summed E-state index contributed by atoms with van der Waals surface area (Å²) in [6.07, 6.45) is -2.12. The van der Waals surface area contributed by atoms with E-state index in [0.717, 1.165) is 40.3 Å². The highest BCUT2D eigenvalue weighted by atomic mass is 35.5. The minimum absolute atomic E-state index is 0.209. The molecular formula is C18H17ClF3N7O. The molecule has 2 aromatic heterocycles. The first-order valence-corrected chi connectivity index (χ1v) is 9.47. The number of anilines is 2. The minimum Gasteiger partial charge on any atom is -0.368 e. The van der Waals surface area contributed by atoms with Gasteiger partial charge in [0.1, 0.15) is 13.0 Å². The van der Waals surface area contributed by atoms with Crippen LogP contribution >= 0.6 is 11.6 Å². The third-order valence-corrected chi connectivity index (χ3v) is 4.99. The lowest BCUT2D eigenvalue weighted by molar-refractivity contribution is -0.141. The molecular weight excluding hydrogens is 423 g/mol. The van der Waals surface area contributed by atoms with E-state index in [0.29, 0.717) is 24.1 Å². The first kappa shape index (κ1) is 20.2. The Kier molecular flexibility index (Phi) is 5.37. The summed E-state index contributed by atoms with van der Waals surface area (Å²) in [6, 6.07) is 8.43. The molecule has 1 saturated heterocycles. The minimum atomic E-state index is -4.54. The molecule has 1 aliphatic rings. The summed E-state index contributed by atoms with van der Waals surface area (Å²) in [4.78, 5) is 24.6. The first-order valence-electron chi connectivity index (χ1n) is 9.09. The molecule has 0 amide bonds. The molecule has 0 unspecified atom stereocenters. The summed E-state index contributed by atoms with van der Waals surface area (Å²) in [5.41, 5.74) is -0.566. The number of aromatic nitrogens is 5. The second-order valence-electron chi connectivity index (χ2n) is 6.74. The third kappa shape index (κ3) is 4.40. The summed E-state index contributed by atoms with van der Waals surface area (Å²) in [6.45, 7) is 2.49. The fourth-order valence-corrected chi connectivity index (χ4v) is 3.29. The third-order valence-electron chi connectivity index (χ3n) is 4.74. The Hall–Kier alpha value is -3.08. The van der Waals surface area contributed by atoms with Gasteiger partial charge in [-0.1, -0.05) is 11.6 Å². The van der Waals surface area contributed by atoms with Gasteiger partial charge >= 0.3 is 11.9 Å². The van der Waals surface area contributed by atoms with Crippen LogP contribution in [0.15, 0.2) is 47.7 Å². The molecule has 0 bridgehead atoms. The standard InChI is InChI=1S/C18H17ClF3N7O/c19-13-1-3-14(4-2-13)26-7-9-27(10-8-26)16-23-11-28(17(30)24-16)12-29-6-5-15(25-29)18(20,21)22/h1-6,11H,7-10,12H2. The molecule has 158 valence electrons. The summed E-state index contributed by atoms with van der Waals surface area (Å²) in [5.74, 6) is 0.295. The average Bonchev–Trinajstić information content (AvgIpc) is 3.20. The Morgan fingerprint density at radius 1 is 1.00 bits per heavy atom. The van der Waals surface area contributed by atoms with E-state index in [1.807, 2.05) is 29.2 Å². The number of benzene rings is 1. The zero-order valence-electron chi connectivity index (χ0n) is 15.6. The van der Waals surface area contributed by atoms with Crippen molar-refractivity contribution in [1.82, 2.24) is 24.3 Å². The van der Waals surface area contributed by atoms with E-state index in [4.69, 9.17) is 11.6 Å². The highest BCUT2D eigenvalue weighted by Gasteiger charge is 2.33. The maximum absolute atomic E-state index is 12.6. The molecule has 0 atom stereocenters. The van der Waals surface area contributed by atoms with Crippen LogP contribution in [0.2, 0.25) is 5.02 Å². The Balaban J connectivity index is 1.40. The van der Waals surface area contributed by atoms with E-state index in [1.54, 1.807) is 0 Å². The first-order chi connectivity index (χ1) is 14.3. The summed E-state index contributed by atoms with van der Waals surface area (Å²) in [7, 11) is 0. The molecule has 0 N–H and O–H groups in total. The van der Waals surface area contributed by atoms with Crippen LogP contribution in [0, 0.1) is 0 Å². The Morgan fingerprint density at radius 2 is 1.67 bits per heavy atom. The lowest BCUT2D eigenvalue weighted by atomic mass is 10.2. The van der Waals surface area contributed by atoms with Crippen LogP contribution in [0.5, 0.6) is 0 Å². The molecule has 12 heteroatoms. The van der Waals surface area contributed by atoms with Crippen LogP contribution in [-0.2, 0) is 12.8 Å². The molecule has 8 nitrogen and oxygen atoms in total. The Morgan fingerprint density at radius 3 is 2.27 bits per heavy atom. The number of halogens is 4. The molecule has 1 fully saturated rings. The molecule has 3 aromatic rings. The Bertz CT molecular complexity index is 1070. The average molecular weight is 440 g/mol. The molecule has 0 aliphatic carbocycles. The smallest absolute Gasteiger partial charge is 0.368 e. The van der Waals surface area contributed by atoms with Crippen LogP contribution in [0.4, 0.5) is 24.8 Å². The number of nitrogens with zero attached hydrogens (tertiary/aromatic N) is 7. The van der Waals surface area contributed by atoms with E-state index in [-0.39, 0.29) is 6.67 Å². The van der Waals surface area contributed by atoms with Crippen molar-refractivity contribution in [1.29, 1.82) is 0 Å². The second-order valence-corrected chi connectivity index (χ2v) is 7.18. The number of piperazine rings is 1. The van der Waals surface area contributed by atoms with Gasteiger partial charge in [0, 0.05) is 43.1 Å². The zero-order valence-corrected chi connectivity index (χ0v) is 16.4. The highest BCUT2D eigenvalue weighted by Crippen LogP contribution is 2.27. The number of alkyl halides is 3. The van der Waals surface area contributed by atoms with Crippen molar-refractivity contribution in [2.24, 2.45) is 0 Å². The van der Waals surface area contributed by atoms with Gasteiger partial charge in [-0.15, -0.1) is 0 Å². The van der Waals surface area contributed by atoms with E-state index in [9.17, 15) is 18.0 Å². The number of rotatable bonds is 4. The lowest BCUT2D eigenvalue weighted by Crippen LogP contribution is -2.47. The molecule has 0 spiro atoms. The fraction of sp³-hybridized carbons (Fsp3) is 0.333. The summed E-state index contributed by atoms with van der Waals surface area (Å²) in [5, 5.41) is 4.10. The summed E-state index contributed by atoms with van der Waals surface area (Å²) < 4.78 is 40.1. The highest BCUT2D eigenvalue weighted by molar-refractivity contribution is 6.30. The van der Waals surface area contributed by atoms with Crippen molar-refractivity contribution in [2.45, 2.75) is 12.8 Å². The van der Waals surface area contributed by atoms with Crippen molar-refractivity contribution >= 4 is 23.2 Å². The summed E-state index contributed by atoms with van der Waals surface area (Å²) >= 11 is 5.92. The molecule has 4 rings (SSSR count). The van der Waals surface area contributed by atoms with Gasteiger partial charge in [0.05, 0.1) is 0 Å². The topological polar surface area (TPSA) is 72.1 Å². The normalized spacial score (nSPS) is 14.9. The lowest BCUT2D eigenvalue weighted by Gasteiger charge is -2.36. The van der Waals surface area contributed by atoms with E-state index in [2.05, 4.69) is 20.0 Å². The van der Waals surface area contributed by atoms with Crippen LogP contribution in [0.1, 0.15) is 5.69 Å². The van der Waals surface area contributed by atoms with E-state index in [1.165, 1.54) is 6.33 Å². The van der Waals surface area contributed by atoms with Gasteiger partial charge in [-0.05, 0) is 30.3 Å². The largest absolute Gasteiger partial charge is 0.435 e. The Labute approximate surface area is 174 Å². The van der Waals surface area contributed by atoms with Crippen LogP contribution in [0.3, 0.4) is 0 Å². The van der Waals surface area contributed by atoms with Crippen LogP contribution in [-0.4, -0.2) is 50.5 Å². The van der Waals surface area contributed by atoms with Gasteiger partial charge in [-0.25, -0.2) is 9.78 Å².